The minimum atomic E-state index is -0.180. The molecule has 3 heteroatoms. The predicted octanol–water partition coefficient (Wildman–Crippen LogP) is 1.91. The summed E-state index contributed by atoms with van der Waals surface area (Å²) < 4.78 is 12.6. The van der Waals surface area contributed by atoms with E-state index in [0.29, 0.717) is 6.04 Å². The number of hydrogen-bond donors (Lipinski definition) is 2. The summed E-state index contributed by atoms with van der Waals surface area (Å²) in [5.74, 6) is -0.180. The third-order valence-corrected chi connectivity index (χ3v) is 2.10. The molecule has 1 aromatic carbocycles. The summed E-state index contributed by atoms with van der Waals surface area (Å²) in [5, 5.41) is 6.61. The monoisotopic (exact) mass is 210 g/mol. The van der Waals surface area contributed by atoms with Crippen molar-refractivity contribution in [2.75, 3.05) is 13.1 Å². The Morgan fingerprint density at radius 1 is 1.13 bits per heavy atom. The molecule has 0 unspecified atom stereocenters. The SMILES string of the molecule is CC(C)NCCNCc1ccc(F)cc1. The number of halogens is 1. The average molecular weight is 210 g/mol. The Labute approximate surface area is 90.9 Å². The summed E-state index contributed by atoms with van der Waals surface area (Å²) in [6.07, 6.45) is 0. The van der Waals surface area contributed by atoms with E-state index in [2.05, 4.69) is 24.5 Å². The molecule has 0 heterocycles. The molecule has 0 aliphatic rings. The smallest absolute Gasteiger partial charge is 0.123 e. The lowest BCUT2D eigenvalue weighted by atomic mass is 10.2. The van der Waals surface area contributed by atoms with Crippen LogP contribution >= 0.6 is 0 Å². The summed E-state index contributed by atoms with van der Waals surface area (Å²) in [6, 6.07) is 7.11. The standard InChI is InChI=1S/C12H19FN2/c1-10(2)15-8-7-14-9-11-3-5-12(13)6-4-11/h3-6,10,14-15H,7-9H2,1-2H3. The maximum absolute atomic E-state index is 12.6. The van der Waals surface area contributed by atoms with E-state index in [1.165, 1.54) is 12.1 Å². The van der Waals surface area contributed by atoms with E-state index in [1.54, 1.807) is 12.1 Å². The van der Waals surface area contributed by atoms with Crippen molar-refractivity contribution in [1.29, 1.82) is 0 Å². The van der Waals surface area contributed by atoms with Crippen LogP contribution in [0.3, 0.4) is 0 Å². The predicted molar refractivity (Wildman–Crippen MR) is 61.2 cm³/mol. The van der Waals surface area contributed by atoms with Crippen molar-refractivity contribution in [3.05, 3.63) is 35.6 Å². The van der Waals surface area contributed by atoms with Gasteiger partial charge in [0.1, 0.15) is 5.82 Å². The lowest BCUT2D eigenvalue weighted by Gasteiger charge is -2.08. The van der Waals surface area contributed by atoms with Gasteiger partial charge >= 0.3 is 0 Å². The maximum atomic E-state index is 12.6. The van der Waals surface area contributed by atoms with Gasteiger partial charge in [0.05, 0.1) is 0 Å². The second-order valence-corrected chi connectivity index (χ2v) is 3.91. The molecule has 0 spiro atoms. The van der Waals surface area contributed by atoms with Crippen LogP contribution in [0.2, 0.25) is 0 Å². The van der Waals surface area contributed by atoms with Gasteiger partial charge in [0, 0.05) is 25.7 Å². The Morgan fingerprint density at radius 2 is 1.80 bits per heavy atom. The first-order chi connectivity index (χ1) is 7.18. The maximum Gasteiger partial charge on any atom is 0.123 e. The largest absolute Gasteiger partial charge is 0.313 e. The molecule has 0 aliphatic heterocycles. The lowest BCUT2D eigenvalue weighted by Crippen LogP contribution is -2.31. The van der Waals surface area contributed by atoms with Gasteiger partial charge in [-0.15, -0.1) is 0 Å². The fourth-order valence-corrected chi connectivity index (χ4v) is 1.28. The van der Waals surface area contributed by atoms with Crippen LogP contribution in [0.1, 0.15) is 19.4 Å². The van der Waals surface area contributed by atoms with Gasteiger partial charge in [-0.2, -0.15) is 0 Å². The Balaban J connectivity index is 2.12. The normalized spacial score (nSPS) is 10.9. The van der Waals surface area contributed by atoms with Crippen LogP contribution in [0.4, 0.5) is 4.39 Å². The van der Waals surface area contributed by atoms with Crippen molar-refractivity contribution < 1.29 is 4.39 Å². The molecule has 15 heavy (non-hydrogen) atoms. The molecule has 0 saturated heterocycles. The van der Waals surface area contributed by atoms with E-state index in [4.69, 9.17) is 0 Å². The fourth-order valence-electron chi connectivity index (χ4n) is 1.28. The highest BCUT2D eigenvalue weighted by atomic mass is 19.1. The molecule has 0 bridgehead atoms. The van der Waals surface area contributed by atoms with Gasteiger partial charge in [-0.3, -0.25) is 0 Å². The summed E-state index contributed by atoms with van der Waals surface area (Å²) in [4.78, 5) is 0. The highest BCUT2D eigenvalue weighted by Crippen LogP contribution is 2.01. The van der Waals surface area contributed by atoms with Crippen LogP contribution in [-0.4, -0.2) is 19.1 Å². The second kappa shape index (κ2) is 6.53. The van der Waals surface area contributed by atoms with Crippen molar-refractivity contribution in [1.82, 2.24) is 10.6 Å². The molecular formula is C12H19FN2. The quantitative estimate of drug-likeness (QED) is 0.701. The van der Waals surface area contributed by atoms with E-state index in [-0.39, 0.29) is 5.82 Å². The van der Waals surface area contributed by atoms with Crippen molar-refractivity contribution in [3.8, 4) is 0 Å². The van der Waals surface area contributed by atoms with E-state index in [9.17, 15) is 4.39 Å². The molecule has 84 valence electrons. The fraction of sp³-hybridized carbons (Fsp3) is 0.500. The number of nitrogens with one attached hydrogen (secondary N) is 2. The van der Waals surface area contributed by atoms with Gasteiger partial charge in [-0.1, -0.05) is 26.0 Å². The first kappa shape index (κ1) is 12.1. The highest BCUT2D eigenvalue weighted by Gasteiger charge is 1.94. The minimum absolute atomic E-state index is 0.180. The highest BCUT2D eigenvalue weighted by molar-refractivity contribution is 5.15. The van der Waals surface area contributed by atoms with Gasteiger partial charge in [0.25, 0.3) is 0 Å². The first-order valence-corrected chi connectivity index (χ1v) is 5.37. The molecule has 0 aromatic heterocycles. The van der Waals surface area contributed by atoms with E-state index in [0.717, 1.165) is 25.2 Å². The van der Waals surface area contributed by atoms with Gasteiger partial charge in [0.15, 0.2) is 0 Å². The molecule has 0 atom stereocenters. The Bertz CT molecular complexity index is 269. The number of hydrogen-bond acceptors (Lipinski definition) is 2. The van der Waals surface area contributed by atoms with Crippen molar-refractivity contribution in [3.63, 3.8) is 0 Å². The minimum Gasteiger partial charge on any atom is -0.313 e. The number of benzene rings is 1. The molecule has 0 amide bonds. The number of rotatable bonds is 6. The van der Waals surface area contributed by atoms with Crippen LogP contribution in [-0.2, 0) is 6.54 Å². The van der Waals surface area contributed by atoms with E-state index in [1.807, 2.05) is 0 Å². The van der Waals surface area contributed by atoms with Crippen molar-refractivity contribution in [2.45, 2.75) is 26.4 Å². The molecule has 0 fully saturated rings. The summed E-state index contributed by atoms with van der Waals surface area (Å²) in [7, 11) is 0. The van der Waals surface area contributed by atoms with Crippen LogP contribution in [0.5, 0.6) is 0 Å². The molecule has 2 nitrogen and oxygen atoms in total. The Hall–Kier alpha value is -0.930. The van der Waals surface area contributed by atoms with Gasteiger partial charge in [0.2, 0.25) is 0 Å². The van der Waals surface area contributed by atoms with Crippen LogP contribution in [0.15, 0.2) is 24.3 Å². The van der Waals surface area contributed by atoms with Gasteiger partial charge in [-0.05, 0) is 17.7 Å². The molecule has 2 N–H and O–H groups in total. The zero-order valence-corrected chi connectivity index (χ0v) is 9.39. The van der Waals surface area contributed by atoms with Crippen molar-refractivity contribution in [2.24, 2.45) is 0 Å². The first-order valence-electron chi connectivity index (χ1n) is 5.37. The van der Waals surface area contributed by atoms with Crippen molar-refractivity contribution >= 4 is 0 Å². The lowest BCUT2D eigenvalue weighted by molar-refractivity contribution is 0.555. The second-order valence-electron chi connectivity index (χ2n) is 3.91. The third kappa shape index (κ3) is 5.50. The van der Waals surface area contributed by atoms with E-state index >= 15 is 0 Å². The zero-order valence-electron chi connectivity index (χ0n) is 9.39. The zero-order chi connectivity index (χ0) is 11.1. The third-order valence-electron chi connectivity index (χ3n) is 2.10. The molecule has 1 aromatic rings. The summed E-state index contributed by atoms with van der Waals surface area (Å²) in [6.45, 7) is 6.93. The summed E-state index contributed by atoms with van der Waals surface area (Å²) in [5.41, 5.74) is 1.11. The van der Waals surface area contributed by atoms with Crippen LogP contribution in [0, 0.1) is 5.82 Å². The summed E-state index contributed by atoms with van der Waals surface area (Å²) >= 11 is 0. The van der Waals surface area contributed by atoms with Gasteiger partial charge < -0.3 is 10.6 Å². The van der Waals surface area contributed by atoms with E-state index < -0.39 is 0 Å². The molecule has 0 saturated carbocycles. The van der Waals surface area contributed by atoms with Gasteiger partial charge in [-0.25, -0.2) is 4.39 Å². The Kier molecular flexibility index (Phi) is 5.29. The molecule has 0 aliphatic carbocycles. The Morgan fingerprint density at radius 3 is 2.40 bits per heavy atom. The molecule has 1 rings (SSSR count). The van der Waals surface area contributed by atoms with Crippen LogP contribution in [0.25, 0.3) is 0 Å². The average Bonchev–Trinajstić information content (AvgIpc) is 2.20. The molecular weight excluding hydrogens is 191 g/mol. The topological polar surface area (TPSA) is 24.1 Å². The van der Waals surface area contributed by atoms with Crippen LogP contribution < -0.4 is 10.6 Å². The molecule has 0 radical (unpaired) electrons.